The first-order chi connectivity index (χ1) is 7.85. The molecule has 0 aliphatic heterocycles. The largest absolute Gasteiger partial charge is 0.506 e. The van der Waals surface area contributed by atoms with Gasteiger partial charge in [0.05, 0.1) is 12.3 Å². The van der Waals surface area contributed by atoms with Crippen molar-refractivity contribution in [3.8, 4) is 5.75 Å². The van der Waals surface area contributed by atoms with Crippen molar-refractivity contribution in [2.45, 2.75) is 25.5 Å². The van der Waals surface area contributed by atoms with E-state index >= 15 is 0 Å². The Morgan fingerprint density at radius 3 is 2.53 bits per heavy atom. The SMILES string of the molecule is Cc1ncc(CO)c([C@H](N)C(F)(F)CO)c1O. The van der Waals surface area contributed by atoms with E-state index in [1.54, 1.807) is 0 Å². The Labute approximate surface area is 96.5 Å². The number of hydrogen-bond acceptors (Lipinski definition) is 5. The van der Waals surface area contributed by atoms with Crippen molar-refractivity contribution in [3.05, 3.63) is 23.0 Å². The number of rotatable bonds is 4. The van der Waals surface area contributed by atoms with Crippen molar-refractivity contribution >= 4 is 0 Å². The van der Waals surface area contributed by atoms with Gasteiger partial charge in [-0.1, -0.05) is 0 Å². The number of nitrogens with zero attached hydrogens (tertiary/aromatic N) is 1. The average molecular weight is 248 g/mol. The van der Waals surface area contributed by atoms with Crippen LogP contribution in [0.1, 0.15) is 22.9 Å². The number of aromatic hydroxyl groups is 1. The molecule has 96 valence electrons. The summed E-state index contributed by atoms with van der Waals surface area (Å²) in [7, 11) is 0. The van der Waals surface area contributed by atoms with Gasteiger partial charge in [0.1, 0.15) is 18.4 Å². The van der Waals surface area contributed by atoms with Crippen LogP contribution < -0.4 is 5.73 Å². The summed E-state index contributed by atoms with van der Waals surface area (Å²) in [5.74, 6) is -4.08. The fraction of sp³-hybridized carbons (Fsp3) is 0.500. The van der Waals surface area contributed by atoms with Crippen LogP contribution >= 0.6 is 0 Å². The van der Waals surface area contributed by atoms with Gasteiger partial charge in [-0.3, -0.25) is 4.98 Å². The van der Waals surface area contributed by atoms with Crippen LogP contribution in [0.3, 0.4) is 0 Å². The van der Waals surface area contributed by atoms with Crippen LogP contribution in [0.4, 0.5) is 8.78 Å². The van der Waals surface area contributed by atoms with E-state index in [0.717, 1.165) is 6.20 Å². The monoisotopic (exact) mass is 248 g/mol. The van der Waals surface area contributed by atoms with Crippen molar-refractivity contribution < 1.29 is 24.1 Å². The second kappa shape index (κ2) is 4.91. The first kappa shape index (κ1) is 13.8. The number of alkyl halides is 2. The van der Waals surface area contributed by atoms with Gasteiger partial charge in [0.2, 0.25) is 0 Å². The summed E-state index contributed by atoms with van der Waals surface area (Å²) in [6, 6.07) is -1.91. The van der Waals surface area contributed by atoms with Crippen LogP contribution in [-0.4, -0.2) is 32.8 Å². The third-order valence-electron chi connectivity index (χ3n) is 2.50. The number of aromatic nitrogens is 1. The van der Waals surface area contributed by atoms with E-state index < -0.39 is 30.9 Å². The summed E-state index contributed by atoms with van der Waals surface area (Å²) in [5.41, 5.74) is 5.16. The van der Waals surface area contributed by atoms with Crippen LogP contribution in [0.5, 0.6) is 5.75 Å². The second-order valence-electron chi connectivity index (χ2n) is 3.69. The summed E-state index contributed by atoms with van der Waals surface area (Å²) < 4.78 is 26.5. The summed E-state index contributed by atoms with van der Waals surface area (Å²) in [5, 5.41) is 27.2. The lowest BCUT2D eigenvalue weighted by Gasteiger charge is -2.24. The molecule has 0 radical (unpaired) electrons. The van der Waals surface area contributed by atoms with E-state index in [-0.39, 0.29) is 16.8 Å². The molecule has 1 atom stereocenters. The standard InChI is InChI=1S/C10H14F2N2O3/c1-5-8(17)7(6(3-15)2-14-5)9(13)10(11,12)4-16/h2,9,15-17H,3-4,13H2,1H3/t9-/m0/s1. The van der Waals surface area contributed by atoms with Gasteiger partial charge in [0.25, 0.3) is 5.92 Å². The number of pyridine rings is 1. The molecule has 1 aromatic heterocycles. The first-order valence-electron chi connectivity index (χ1n) is 4.87. The second-order valence-corrected chi connectivity index (χ2v) is 3.69. The maximum absolute atomic E-state index is 13.3. The van der Waals surface area contributed by atoms with Crippen molar-refractivity contribution in [2.24, 2.45) is 5.73 Å². The molecule has 0 amide bonds. The fourth-order valence-electron chi connectivity index (χ4n) is 1.43. The minimum atomic E-state index is -3.59. The molecule has 5 nitrogen and oxygen atoms in total. The molecule has 0 saturated carbocycles. The minimum absolute atomic E-state index is 0.00808. The van der Waals surface area contributed by atoms with Crippen LogP contribution in [0.15, 0.2) is 6.20 Å². The lowest BCUT2D eigenvalue weighted by atomic mass is 9.96. The van der Waals surface area contributed by atoms with Gasteiger partial charge < -0.3 is 21.1 Å². The van der Waals surface area contributed by atoms with Crippen molar-refractivity contribution in [3.63, 3.8) is 0 Å². The molecule has 1 rings (SSSR count). The van der Waals surface area contributed by atoms with Gasteiger partial charge in [-0.15, -0.1) is 0 Å². The normalized spacial score (nSPS) is 13.8. The van der Waals surface area contributed by atoms with E-state index in [4.69, 9.17) is 15.9 Å². The van der Waals surface area contributed by atoms with Crippen molar-refractivity contribution in [1.82, 2.24) is 4.98 Å². The number of halogens is 2. The van der Waals surface area contributed by atoms with Gasteiger partial charge >= 0.3 is 0 Å². The lowest BCUT2D eigenvalue weighted by Crippen LogP contribution is -2.37. The van der Waals surface area contributed by atoms with Gasteiger partial charge in [-0.2, -0.15) is 0 Å². The summed E-state index contributed by atoms with van der Waals surface area (Å²) in [6.07, 6.45) is 1.16. The highest BCUT2D eigenvalue weighted by atomic mass is 19.3. The van der Waals surface area contributed by atoms with E-state index in [1.165, 1.54) is 6.92 Å². The molecule has 1 aromatic rings. The highest BCUT2D eigenvalue weighted by Gasteiger charge is 2.40. The quantitative estimate of drug-likeness (QED) is 0.610. The number of aliphatic hydroxyl groups is 2. The third kappa shape index (κ3) is 2.51. The Morgan fingerprint density at radius 2 is 2.06 bits per heavy atom. The number of nitrogens with two attached hydrogens (primary N) is 1. The van der Waals surface area contributed by atoms with Gasteiger partial charge in [0, 0.05) is 17.3 Å². The van der Waals surface area contributed by atoms with Crippen molar-refractivity contribution in [1.29, 1.82) is 0 Å². The Kier molecular flexibility index (Phi) is 3.97. The Bertz CT molecular complexity index is 413. The smallest absolute Gasteiger partial charge is 0.289 e. The number of aryl methyl sites for hydroxylation is 1. The summed E-state index contributed by atoms with van der Waals surface area (Å²) in [6.45, 7) is -0.602. The van der Waals surface area contributed by atoms with Crippen LogP contribution in [0.25, 0.3) is 0 Å². The Balaban J connectivity index is 3.33. The highest BCUT2D eigenvalue weighted by Crippen LogP contribution is 2.36. The third-order valence-corrected chi connectivity index (χ3v) is 2.50. The molecule has 0 aliphatic rings. The maximum atomic E-state index is 13.3. The maximum Gasteiger partial charge on any atom is 0.289 e. The molecule has 0 saturated heterocycles. The zero-order valence-corrected chi connectivity index (χ0v) is 9.19. The molecular weight excluding hydrogens is 234 g/mol. The zero-order valence-electron chi connectivity index (χ0n) is 9.19. The van der Waals surface area contributed by atoms with Crippen LogP contribution in [0.2, 0.25) is 0 Å². The molecule has 0 bridgehead atoms. The zero-order chi connectivity index (χ0) is 13.2. The van der Waals surface area contributed by atoms with E-state index in [9.17, 15) is 13.9 Å². The number of hydrogen-bond donors (Lipinski definition) is 4. The molecule has 0 aromatic carbocycles. The highest BCUT2D eigenvalue weighted by molar-refractivity contribution is 5.43. The molecule has 1 heterocycles. The minimum Gasteiger partial charge on any atom is -0.506 e. The lowest BCUT2D eigenvalue weighted by molar-refractivity contribution is -0.0719. The molecule has 0 aliphatic carbocycles. The van der Waals surface area contributed by atoms with Crippen LogP contribution in [0, 0.1) is 6.92 Å². The molecule has 17 heavy (non-hydrogen) atoms. The first-order valence-corrected chi connectivity index (χ1v) is 4.87. The van der Waals surface area contributed by atoms with Gasteiger partial charge in [-0.05, 0) is 6.92 Å². The number of aliphatic hydroxyl groups excluding tert-OH is 2. The Hall–Kier alpha value is -1.31. The molecule has 5 N–H and O–H groups in total. The van der Waals surface area contributed by atoms with Crippen LogP contribution in [-0.2, 0) is 6.61 Å². The van der Waals surface area contributed by atoms with Crippen molar-refractivity contribution in [2.75, 3.05) is 6.61 Å². The molecular formula is C10H14F2N2O3. The summed E-state index contributed by atoms with van der Waals surface area (Å²) >= 11 is 0. The Morgan fingerprint density at radius 1 is 1.47 bits per heavy atom. The topological polar surface area (TPSA) is 99.6 Å². The summed E-state index contributed by atoms with van der Waals surface area (Å²) in [4.78, 5) is 3.73. The van der Waals surface area contributed by atoms with Gasteiger partial charge in [-0.25, -0.2) is 8.78 Å². The van der Waals surface area contributed by atoms with E-state index in [2.05, 4.69) is 4.98 Å². The van der Waals surface area contributed by atoms with E-state index in [0.29, 0.717) is 0 Å². The fourth-order valence-corrected chi connectivity index (χ4v) is 1.43. The predicted octanol–water partition coefficient (Wildman–Crippen LogP) is 0.215. The predicted molar refractivity (Wildman–Crippen MR) is 55.5 cm³/mol. The molecule has 0 spiro atoms. The van der Waals surface area contributed by atoms with Gasteiger partial charge in [0.15, 0.2) is 0 Å². The average Bonchev–Trinajstić information content (AvgIpc) is 2.31. The molecule has 7 heteroatoms. The molecule has 0 fully saturated rings. The van der Waals surface area contributed by atoms with E-state index in [1.807, 2.05) is 0 Å². The molecule has 0 unspecified atom stereocenters.